The Labute approximate surface area is 224 Å². The van der Waals surface area contributed by atoms with E-state index in [1.807, 2.05) is 36.4 Å². The molecular formula is C32H38N2O4. The van der Waals surface area contributed by atoms with Crippen molar-refractivity contribution in [1.82, 2.24) is 9.78 Å². The third kappa shape index (κ3) is 3.82. The molecule has 4 aliphatic carbocycles. The van der Waals surface area contributed by atoms with Crippen LogP contribution in [0.1, 0.15) is 93.0 Å². The lowest BCUT2D eigenvalue weighted by Crippen LogP contribution is -2.51. The second-order valence-electron chi connectivity index (χ2n) is 12.4. The average Bonchev–Trinajstić information content (AvgIpc) is 3.51. The Hall–Kier alpha value is -3.02. The smallest absolute Gasteiger partial charge is 0.359 e. The molecule has 0 bridgehead atoms. The molecule has 1 aromatic heterocycles. The van der Waals surface area contributed by atoms with Crippen molar-refractivity contribution in [2.24, 2.45) is 34.5 Å². The maximum atomic E-state index is 14.3. The Kier molecular flexibility index (Phi) is 6.20. The van der Waals surface area contributed by atoms with Crippen LogP contribution in [0.25, 0.3) is 5.69 Å². The predicted octanol–water partition coefficient (Wildman–Crippen LogP) is 6.38. The van der Waals surface area contributed by atoms with Crippen LogP contribution >= 0.6 is 0 Å². The first-order chi connectivity index (χ1) is 18.3. The number of ketones is 2. The second-order valence-corrected chi connectivity index (χ2v) is 12.4. The normalized spacial score (nSPS) is 34.1. The highest BCUT2D eigenvalue weighted by molar-refractivity contribution is 6.06. The number of para-hydroxylation sites is 1. The van der Waals surface area contributed by atoms with Crippen LogP contribution < -0.4 is 0 Å². The largest absolute Gasteiger partial charge is 0.461 e. The summed E-state index contributed by atoms with van der Waals surface area (Å²) in [5.41, 5.74) is 2.70. The van der Waals surface area contributed by atoms with Crippen molar-refractivity contribution in [2.45, 2.75) is 72.1 Å². The van der Waals surface area contributed by atoms with Gasteiger partial charge in [0.05, 0.1) is 17.9 Å². The van der Waals surface area contributed by atoms with Gasteiger partial charge in [-0.2, -0.15) is 5.10 Å². The van der Waals surface area contributed by atoms with Crippen molar-refractivity contribution < 1.29 is 19.1 Å². The fraction of sp³-hybridized carbons (Fsp3) is 0.562. The topological polar surface area (TPSA) is 78.3 Å². The van der Waals surface area contributed by atoms with Crippen LogP contribution in [0.3, 0.4) is 0 Å². The van der Waals surface area contributed by atoms with Crippen LogP contribution in [0.15, 0.2) is 48.2 Å². The predicted molar refractivity (Wildman–Crippen MR) is 144 cm³/mol. The summed E-state index contributed by atoms with van der Waals surface area (Å²) >= 11 is 0. The van der Waals surface area contributed by atoms with Gasteiger partial charge in [-0.25, -0.2) is 9.48 Å². The van der Waals surface area contributed by atoms with Crippen molar-refractivity contribution in [2.75, 3.05) is 6.61 Å². The van der Waals surface area contributed by atoms with Gasteiger partial charge in [0, 0.05) is 18.5 Å². The molecule has 0 saturated heterocycles. The van der Waals surface area contributed by atoms with Crippen LogP contribution in [0.2, 0.25) is 0 Å². The van der Waals surface area contributed by atoms with E-state index in [0.717, 1.165) is 50.6 Å². The fourth-order valence-corrected chi connectivity index (χ4v) is 8.80. The van der Waals surface area contributed by atoms with Crippen molar-refractivity contribution in [1.29, 1.82) is 0 Å². The lowest BCUT2D eigenvalue weighted by atomic mass is 9.46. The number of nitrogens with zero attached hydrogens (tertiary/aromatic N) is 2. The first-order valence-corrected chi connectivity index (χ1v) is 14.4. The van der Waals surface area contributed by atoms with Gasteiger partial charge < -0.3 is 4.74 Å². The number of rotatable bonds is 5. The highest BCUT2D eigenvalue weighted by atomic mass is 16.5. The third-order valence-corrected chi connectivity index (χ3v) is 10.7. The third-order valence-electron chi connectivity index (χ3n) is 10.7. The van der Waals surface area contributed by atoms with Gasteiger partial charge in [-0.15, -0.1) is 0 Å². The number of hydrogen-bond acceptors (Lipinski definition) is 5. The van der Waals surface area contributed by atoms with Crippen LogP contribution in [0, 0.1) is 34.5 Å². The Morgan fingerprint density at radius 1 is 1.03 bits per heavy atom. The van der Waals surface area contributed by atoms with Crippen molar-refractivity contribution in [3.8, 4) is 5.69 Å². The van der Waals surface area contributed by atoms with E-state index in [4.69, 9.17) is 4.74 Å². The van der Waals surface area contributed by atoms with Crippen molar-refractivity contribution in [3.05, 3.63) is 59.4 Å². The van der Waals surface area contributed by atoms with Gasteiger partial charge in [0.2, 0.25) is 0 Å². The van der Waals surface area contributed by atoms with Gasteiger partial charge in [0.25, 0.3) is 0 Å². The van der Waals surface area contributed by atoms with E-state index in [2.05, 4.69) is 18.9 Å². The van der Waals surface area contributed by atoms with Crippen molar-refractivity contribution >= 4 is 17.5 Å². The summed E-state index contributed by atoms with van der Waals surface area (Å²) in [6, 6.07) is 9.58. The highest BCUT2D eigenvalue weighted by Gasteiger charge is 2.60. The van der Waals surface area contributed by atoms with E-state index in [1.165, 1.54) is 5.57 Å². The average molecular weight is 515 g/mol. The minimum absolute atomic E-state index is 0.0320. The van der Waals surface area contributed by atoms with Crippen LogP contribution in [-0.4, -0.2) is 33.9 Å². The molecule has 0 aliphatic heterocycles. The SMILES string of the molecule is CCOC(=O)c1nn(-c2ccccc2)cc1C(=O)[C@H]1CC[C@H]2[C@@H]3CCC4=CC(=O)CC[C@]4(C)[C@H]3CC[C@]12C. The number of carbonyl (C=O) groups excluding carboxylic acids is 3. The zero-order valence-electron chi connectivity index (χ0n) is 22.7. The molecule has 0 unspecified atom stereocenters. The molecule has 1 heterocycles. The zero-order chi connectivity index (χ0) is 26.7. The quantitative estimate of drug-likeness (QED) is 0.342. The molecule has 3 fully saturated rings. The first kappa shape index (κ1) is 25.3. The number of benzene rings is 1. The fourth-order valence-electron chi connectivity index (χ4n) is 8.80. The summed E-state index contributed by atoms with van der Waals surface area (Å²) in [4.78, 5) is 39.3. The number of carbonyl (C=O) groups is 3. The van der Waals surface area contributed by atoms with E-state index in [9.17, 15) is 14.4 Å². The molecule has 0 N–H and O–H groups in total. The molecule has 3 saturated carbocycles. The molecular weight excluding hydrogens is 476 g/mol. The Morgan fingerprint density at radius 2 is 1.82 bits per heavy atom. The summed E-state index contributed by atoms with van der Waals surface area (Å²) < 4.78 is 6.94. The number of fused-ring (bicyclic) bond motifs is 5. The molecule has 2 aromatic rings. The number of esters is 1. The van der Waals surface area contributed by atoms with E-state index >= 15 is 0 Å². The molecule has 6 heteroatoms. The summed E-state index contributed by atoms with van der Waals surface area (Å²) in [6.45, 7) is 6.72. The molecule has 0 amide bonds. The monoisotopic (exact) mass is 514 g/mol. The maximum Gasteiger partial charge on any atom is 0.359 e. The Bertz CT molecular complexity index is 1310. The molecule has 0 spiro atoms. The number of hydrogen-bond donors (Lipinski definition) is 0. The molecule has 4 aliphatic rings. The van der Waals surface area contributed by atoms with Crippen LogP contribution in [-0.2, 0) is 9.53 Å². The van der Waals surface area contributed by atoms with Gasteiger partial charge in [0.15, 0.2) is 17.3 Å². The van der Waals surface area contributed by atoms with E-state index in [-0.39, 0.29) is 40.6 Å². The number of aromatic nitrogens is 2. The van der Waals surface area contributed by atoms with E-state index in [0.29, 0.717) is 29.7 Å². The molecule has 1 aromatic carbocycles. The molecule has 6 nitrogen and oxygen atoms in total. The molecule has 6 atom stereocenters. The summed E-state index contributed by atoms with van der Waals surface area (Å²) in [5.74, 6) is 1.30. The van der Waals surface area contributed by atoms with Gasteiger partial charge in [-0.1, -0.05) is 37.6 Å². The molecule has 38 heavy (non-hydrogen) atoms. The Balaban J connectivity index is 1.31. The van der Waals surface area contributed by atoms with E-state index in [1.54, 1.807) is 17.8 Å². The number of Topliss-reactive ketones (excluding diaryl/α,β-unsaturated/α-hetero) is 1. The Morgan fingerprint density at radius 3 is 2.58 bits per heavy atom. The lowest BCUT2D eigenvalue weighted by molar-refractivity contribution is -0.117. The van der Waals surface area contributed by atoms with Gasteiger partial charge in [0.1, 0.15) is 0 Å². The summed E-state index contributed by atoms with van der Waals surface area (Å²) in [5, 5.41) is 4.53. The van der Waals surface area contributed by atoms with E-state index < -0.39 is 5.97 Å². The molecule has 200 valence electrons. The number of allylic oxidation sites excluding steroid dienone is 1. The highest BCUT2D eigenvalue weighted by Crippen LogP contribution is 2.66. The molecule has 6 rings (SSSR count). The minimum atomic E-state index is -0.541. The first-order valence-electron chi connectivity index (χ1n) is 14.4. The lowest BCUT2D eigenvalue weighted by Gasteiger charge is -2.58. The van der Waals surface area contributed by atoms with Gasteiger partial charge in [-0.3, -0.25) is 9.59 Å². The minimum Gasteiger partial charge on any atom is -0.461 e. The zero-order valence-corrected chi connectivity index (χ0v) is 22.7. The van der Waals surface area contributed by atoms with Crippen LogP contribution in [0.4, 0.5) is 0 Å². The van der Waals surface area contributed by atoms with Gasteiger partial charge >= 0.3 is 5.97 Å². The maximum absolute atomic E-state index is 14.3. The second kappa shape index (κ2) is 9.32. The van der Waals surface area contributed by atoms with Crippen LogP contribution in [0.5, 0.6) is 0 Å². The summed E-state index contributed by atoms with van der Waals surface area (Å²) in [6.07, 6.45) is 11.4. The summed E-state index contributed by atoms with van der Waals surface area (Å²) in [7, 11) is 0. The van der Waals surface area contributed by atoms with Crippen molar-refractivity contribution in [3.63, 3.8) is 0 Å². The molecule has 0 radical (unpaired) electrons. The number of ether oxygens (including phenoxy) is 1. The van der Waals surface area contributed by atoms with Gasteiger partial charge in [-0.05, 0) is 98.7 Å². The standard InChI is InChI=1S/C32H38N2O4/c1-4-38-30(37)28-24(19-34(33-28)21-8-6-5-7-9-21)29(36)27-13-12-25-23-11-10-20-18-22(35)14-16-31(20,2)26(23)15-17-32(25,27)3/h5-9,18-19,23,25-27H,4,10-17H2,1-3H3/t23-,25-,26-,27+,31-,32-/m0/s1.